The van der Waals surface area contributed by atoms with E-state index in [-0.39, 0.29) is 0 Å². The highest BCUT2D eigenvalue weighted by molar-refractivity contribution is 7.24. The molecular weight excluding hydrogens is 169 g/mol. The molecule has 0 bridgehead atoms. The maximum absolute atomic E-state index is 4.26. The Bertz CT molecular complexity index is 394. The molecule has 0 saturated carbocycles. The Kier molecular flexibility index (Phi) is 1.81. The summed E-state index contributed by atoms with van der Waals surface area (Å²) >= 11 is 0. The van der Waals surface area contributed by atoms with Crippen LogP contribution in [0.3, 0.4) is 0 Å². The second kappa shape index (κ2) is 2.83. The molecule has 0 aliphatic carbocycles. The maximum Gasteiger partial charge on any atom is 0.156 e. The Hall–Kier alpha value is -0.950. The first-order valence-electron chi connectivity index (χ1n) is 3.92. The average Bonchev–Trinajstić information content (AvgIpc) is 2.47. The van der Waals surface area contributed by atoms with Gasteiger partial charge in [-0.2, -0.15) is 0 Å². The molecule has 2 rings (SSSR count). The number of aromatic nitrogens is 3. The number of nitrogens with zero attached hydrogens (tertiary/aromatic N) is 3. The normalized spacial score (nSPS) is 11.9. The topological polar surface area (TPSA) is 30.2 Å². The molecule has 12 heavy (non-hydrogen) atoms. The number of hydrogen-bond acceptors (Lipinski definition) is 2. The summed E-state index contributed by atoms with van der Waals surface area (Å²) in [6, 6.07) is 0. The largest absolute Gasteiger partial charge is 0.297 e. The van der Waals surface area contributed by atoms with Gasteiger partial charge in [0.1, 0.15) is 0 Å². The molecule has 0 aliphatic heterocycles. The number of rotatable bonds is 1. The minimum atomic E-state index is 0.518. The molecule has 0 spiro atoms. The van der Waals surface area contributed by atoms with Crippen LogP contribution in [0.25, 0.3) is 5.65 Å². The van der Waals surface area contributed by atoms with Crippen LogP contribution < -0.4 is 0 Å². The Morgan fingerprint density at radius 1 is 1.42 bits per heavy atom. The van der Waals surface area contributed by atoms with Crippen LogP contribution in [0.15, 0.2) is 18.3 Å². The summed E-state index contributed by atoms with van der Waals surface area (Å²) in [7, 11) is 0.992. The Balaban J connectivity index is 2.70. The van der Waals surface area contributed by atoms with E-state index < -0.39 is 0 Å². The zero-order valence-electron chi connectivity index (χ0n) is 7.10. The second-order valence-corrected chi connectivity index (χ2v) is 3.73. The molecule has 0 unspecified atom stereocenters. The highest BCUT2D eigenvalue weighted by atomic mass is 31.0. The van der Waals surface area contributed by atoms with Gasteiger partial charge < -0.3 is 0 Å². The van der Waals surface area contributed by atoms with Gasteiger partial charge >= 0.3 is 0 Å². The van der Waals surface area contributed by atoms with Crippen LogP contribution in [-0.2, 0) is 0 Å². The molecule has 4 heteroatoms. The summed E-state index contributed by atoms with van der Waals surface area (Å²) in [4.78, 5) is 4.26. The minimum Gasteiger partial charge on any atom is -0.297 e. The number of fused-ring (bicyclic) bond motifs is 1. The summed E-state index contributed by atoms with van der Waals surface area (Å²) in [5.41, 5.74) is 2.20. The quantitative estimate of drug-likeness (QED) is 0.673. The zero-order valence-corrected chi connectivity index (χ0v) is 7.99. The molecular formula is C8H10N3P. The molecule has 2 heterocycles. The van der Waals surface area contributed by atoms with Crippen molar-refractivity contribution >= 4 is 14.0 Å². The number of hydrogen-bond donors (Lipinski definition) is 0. The fraction of sp³-hybridized carbons (Fsp3) is 0.375. The monoisotopic (exact) mass is 179 g/mol. The first-order valence-corrected chi connectivity index (χ1v) is 4.84. The standard InChI is InChI=1S/C8H10N3P/c1-6(2)7-3-9-8-4-10-12-5-11(7)8/h3-6H,1-2H3. The lowest BCUT2D eigenvalue weighted by Crippen LogP contribution is -1.92. The third-order valence-corrected chi connectivity index (χ3v) is 2.44. The van der Waals surface area contributed by atoms with Crippen molar-refractivity contribution in [3.8, 4) is 0 Å². The van der Waals surface area contributed by atoms with Gasteiger partial charge in [0.15, 0.2) is 5.65 Å². The predicted molar refractivity (Wildman–Crippen MR) is 49.6 cm³/mol. The third kappa shape index (κ3) is 1.10. The molecule has 3 nitrogen and oxygen atoms in total. The van der Waals surface area contributed by atoms with Crippen molar-refractivity contribution in [3.63, 3.8) is 0 Å². The number of imidazole rings is 1. The molecule has 0 atom stereocenters. The molecule has 0 aromatic carbocycles. The van der Waals surface area contributed by atoms with E-state index in [0.29, 0.717) is 5.92 Å². The van der Waals surface area contributed by atoms with Crippen LogP contribution in [0.4, 0.5) is 0 Å². The van der Waals surface area contributed by atoms with E-state index in [1.807, 2.05) is 18.3 Å². The lowest BCUT2D eigenvalue weighted by molar-refractivity contribution is 0.811. The molecule has 0 radical (unpaired) electrons. The smallest absolute Gasteiger partial charge is 0.156 e. The predicted octanol–water partition coefficient (Wildman–Crippen LogP) is 2.43. The molecule has 2 aromatic rings. The lowest BCUT2D eigenvalue weighted by Gasteiger charge is -2.02. The van der Waals surface area contributed by atoms with Crippen molar-refractivity contribution in [3.05, 3.63) is 24.0 Å². The second-order valence-electron chi connectivity index (χ2n) is 3.04. The molecule has 0 N–H and O–H groups in total. The minimum absolute atomic E-state index is 0.518. The van der Waals surface area contributed by atoms with Gasteiger partial charge in [0.25, 0.3) is 0 Å². The van der Waals surface area contributed by atoms with E-state index >= 15 is 0 Å². The van der Waals surface area contributed by atoms with Gasteiger partial charge in [-0.05, 0) is 5.92 Å². The van der Waals surface area contributed by atoms with Gasteiger partial charge in [0, 0.05) is 11.9 Å². The van der Waals surface area contributed by atoms with Gasteiger partial charge in [0.05, 0.1) is 20.5 Å². The van der Waals surface area contributed by atoms with E-state index in [9.17, 15) is 0 Å². The van der Waals surface area contributed by atoms with E-state index in [1.54, 1.807) is 0 Å². The van der Waals surface area contributed by atoms with Gasteiger partial charge in [-0.3, -0.25) is 4.40 Å². The Morgan fingerprint density at radius 3 is 3.00 bits per heavy atom. The van der Waals surface area contributed by atoms with E-state index in [0.717, 1.165) is 14.0 Å². The highest BCUT2D eigenvalue weighted by Gasteiger charge is 2.05. The van der Waals surface area contributed by atoms with E-state index in [1.165, 1.54) is 5.69 Å². The van der Waals surface area contributed by atoms with Crippen molar-refractivity contribution in [2.75, 3.05) is 0 Å². The Morgan fingerprint density at radius 2 is 2.25 bits per heavy atom. The van der Waals surface area contributed by atoms with Crippen molar-refractivity contribution in [1.29, 1.82) is 0 Å². The van der Waals surface area contributed by atoms with Crippen LogP contribution in [0.2, 0.25) is 0 Å². The summed E-state index contributed by atoms with van der Waals surface area (Å²) in [6.45, 7) is 4.33. The average molecular weight is 179 g/mol. The van der Waals surface area contributed by atoms with Crippen LogP contribution in [0.1, 0.15) is 25.5 Å². The molecule has 0 aliphatic rings. The van der Waals surface area contributed by atoms with E-state index in [2.05, 4.69) is 28.0 Å². The van der Waals surface area contributed by atoms with Crippen LogP contribution in [0.5, 0.6) is 0 Å². The molecule has 0 amide bonds. The fourth-order valence-corrected chi connectivity index (χ4v) is 1.79. The summed E-state index contributed by atoms with van der Waals surface area (Å²) in [5.74, 6) is 2.56. The molecule has 0 saturated heterocycles. The van der Waals surface area contributed by atoms with Crippen LogP contribution in [0, 0.1) is 0 Å². The summed E-state index contributed by atoms with van der Waals surface area (Å²) < 4.78 is 6.21. The first kappa shape index (κ1) is 7.69. The van der Waals surface area contributed by atoms with Gasteiger partial charge in [0.2, 0.25) is 0 Å². The lowest BCUT2D eigenvalue weighted by atomic mass is 10.1. The maximum atomic E-state index is 4.26. The van der Waals surface area contributed by atoms with Crippen molar-refractivity contribution in [1.82, 2.24) is 14.1 Å². The Labute approximate surface area is 72.6 Å². The SMILES string of the molecule is CC(C)c1cnc2cnpcn12. The van der Waals surface area contributed by atoms with E-state index in [4.69, 9.17) is 0 Å². The molecule has 0 fully saturated rings. The molecule has 62 valence electrons. The molecule has 2 aromatic heterocycles. The van der Waals surface area contributed by atoms with Gasteiger partial charge in [-0.25, -0.2) is 9.73 Å². The zero-order chi connectivity index (χ0) is 8.55. The fourth-order valence-electron chi connectivity index (χ4n) is 1.20. The summed E-state index contributed by atoms with van der Waals surface area (Å²) in [5, 5.41) is 0. The van der Waals surface area contributed by atoms with Gasteiger partial charge in [-0.15, -0.1) is 0 Å². The summed E-state index contributed by atoms with van der Waals surface area (Å²) in [6.07, 6.45) is 3.73. The van der Waals surface area contributed by atoms with Crippen molar-refractivity contribution in [2.45, 2.75) is 19.8 Å². The first-order chi connectivity index (χ1) is 5.79. The van der Waals surface area contributed by atoms with Crippen LogP contribution in [-0.4, -0.2) is 14.1 Å². The van der Waals surface area contributed by atoms with Gasteiger partial charge in [-0.1, -0.05) is 13.8 Å². The van der Waals surface area contributed by atoms with Crippen molar-refractivity contribution in [2.24, 2.45) is 0 Å². The third-order valence-electron chi connectivity index (χ3n) is 1.85. The van der Waals surface area contributed by atoms with Crippen molar-refractivity contribution < 1.29 is 0 Å². The van der Waals surface area contributed by atoms with Crippen LogP contribution >= 0.6 is 8.35 Å². The highest BCUT2D eigenvalue weighted by Crippen LogP contribution is 2.16.